The van der Waals surface area contributed by atoms with Gasteiger partial charge < -0.3 is 15.9 Å². The Balaban J connectivity index is 1.86. The van der Waals surface area contributed by atoms with E-state index in [0.717, 1.165) is 5.75 Å². The van der Waals surface area contributed by atoms with Crippen molar-refractivity contribution in [1.29, 1.82) is 0 Å². The molecule has 2 aromatic rings. The zero-order chi connectivity index (χ0) is 20.0. The number of nitrogen functional groups attached to an aromatic ring is 1. The fraction of sp³-hybridized carbons (Fsp3) is 0.526. The molecule has 0 spiro atoms. The van der Waals surface area contributed by atoms with Crippen LogP contribution in [-0.2, 0) is 11.4 Å². The summed E-state index contributed by atoms with van der Waals surface area (Å²) >= 11 is 1.25. The molecule has 0 saturated carbocycles. The Kier molecular flexibility index (Phi) is 7.53. The van der Waals surface area contributed by atoms with E-state index in [0.29, 0.717) is 22.8 Å². The van der Waals surface area contributed by atoms with Crippen LogP contribution in [0.15, 0.2) is 29.4 Å². The molecule has 0 aliphatic heterocycles. The van der Waals surface area contributed by atoms with Crippen molar-refractivity contribution in [3.8, 4) is 5.75 Å². The van der Waals surface area contributed by atoms with Crippen molar-refractivity contribution in [2.24, 2.45) is 5.92 Å². The molecule has 8 heteroatoms. The highest BCUT2D eigenvalue weighted by molar-refractivity contribution is 7.99. The first kappa shape index (κ1) is 21.1. The van der Waals surface area contributed by atoms with Crippen LogP contribution in [-0.4, -0.2) is 32.6 Å². The molecule has 1 heterocycles. The molecule has 1 aromatic carbocycles. The number of aromatic nitrogens is 3. The van der Waals surface area contributed by atoms with Crippen molar-refractivity contribution < 1.29 is 9.53 Å². The van der Waals surface area contributed by atoms with Crippen molar-refractivity contribution in [3.05, 3.63) is 35.7 Å². The van der Waals surface area contributed by atoms with E-state index in [1.807, 2.05) is 31.2 Å². The van der Waals surface area contributed by atoms with E-state index >= 15 is 0 Å². The molecule has 1 amide bonds. The van der Waals surface area contributed by atoms with Gasteiger partial charge in [-0.25, -0.2) is 4.68 Å². The molecule has 0 aliphatic rings. The predicted octanol–water partition coefficient (Wildman–Crippen LogP) is 2.95. The molecule has 0 fully saturated rings. The second-order valence-electron chi connectivity index (χ2n) is 7.17. The zero-order valence-electron chi connectivity index (χ0n) is 16.6. The Morgan fingerprint density at radius 2 is 1.85 bits per heavy atom. The maximum atomic E-state index is 12.0. The van der Waals surface area contributed by atoms with Gasteiger partial charge in [-0.05, 0) is 36.5 Å². The van der Waals surface area contributed by atoms with Crippen molar-refractivity contribution in [1.82, 2.24) is 20.2 Å². The first-order valence-electron chi connectivity index (χ1n) is 9.12. The van der Waals surface area contributed by atoms with Gasteiger partial charge in [0.05, 0.1) is 5.75 Å². The molecular weight excluding hydrogens is 362 g/mol. The van der Waals surface area contributed by atoms with E-state index in [2.05, 4.69) is 43.2 Å². The number of ether oxygens (including phenoxy) is 1. The van der Waals surface area contributed by atoms with E-state index < -0.39 is 0 Å². The second-order valence-corrected chi connectivity index (χ2v) is 8.11. The van der Waals surface area contributed by atoms with Crippen LogP contribution in [0.4, 0.5) is 0 Å². The van der Waals surface area contributed by atoms with E-state index in [9.17, 15) is 4.79 Å². The average molecular weight is 392 g/mol. The first-order valence-corrected chi connectivity index (χ1v) is 10.1. The van der Waals surface area contributed by atoms with Crippen LogP contribution >= 0.6 is 11.8 Å². The number of nitrogens with one attached hydrogen (secondary N) is 1. The molecular formula is C19H29N5O2S. The summed E-state index contributed by atoms with van der Waals surface area (Å²) < 4.78 is 7.10. The largest absolute Gasteiger partial charge is 0.486 e. The zero-order valence-corrected chi connectivity index (χ0v) is 17.4. The molecule has 0 unspecified atom stereocenters. The Bertz CT molecular complexity index is 743. The molecule has 2 rings (SSSR count). The van der Waals surface area contributed by atoms with E-state index in [1.165, 1.54) is 22.0 Å². The molecule has 148 valence electrons. The molecule has 1 atom stereocenters. The van der Waals surface area contributed by atoms with Crippen LogP contribution in [0.2, 0.25) is 0 Å². The van der Waals surface area contributed by atoms with Gasteiger partial charge in [0.15, 0.2) is 5.82 Å². The minimum Gasteiger partial charge on any atom is -0.486 e. The number of benzene rings is 1. The van der Waals surface area contributed by atoms with Gasteiger partial charge in [-0.3, -0.25) is 4.79 Å². The molecule has 0 bridgehead atoms. The molecule has 1 aromatic heterocycles. The highest BCUT2D eigenvalue weighted by atomic mass is 32.2. The van der Waals surface area contributed by atoms with Crippen LogP contribution in [0, 0.1) is 5.92 Å². The summed E-state index contributed by atoms with van der Waals surface area (Å²) in [6.45, 7) is 10.6. The van der Waals surface area contributed by atoms with Crippen LogP contribution in [0.25, 0.3) is 0 Å². The summed E-state index contributed by atoms with van der Waals surface area (Å²) in [6, 6.07) is 8.08. The number of nitrogens with two attached hydrogens (primary N) is 1. The van der Waals surface area contributed by atoms with Crippen molar-refractivity contribution in [3.63, 3.8) is 0 Å². The fourth-order valence-electron chi connectivity index (χ4n) is 2.19. The summed E-state index contributed by atoms with van der Waals surface area (Å²) in [6.07, 6.45) is 0. The summed E-state index contributed by atoms with van der Waals surface area (Å²) in [7, 11) is 0. The lowest BCUT2D eigenvalue weighted by molar-refractivity contribution is -0.119. The Morgan fingerprint density at radius 3 is 2.44 bits per heavy atom. The number of hydrogen-bond donors (Lipinski definition) is 2. The lowest BCUT2D eigenvalue weighted by atomic mass is 10.0. The minimum atomic E-state index is -0.0488. The normalized spacial score (nSPS) is 12.4. The lowest BCUT2D eigenvalue weighted by Crippen LogP contribution is -2.37. The number of nitrogens with zero attached hydrogens (tertiary/aromatic N) is 3. The predicted molar refractivity (Wildman–Crippen MR) is 108 cm³/mol. The molecule has 27 heavy (non-hydrogen) atoms. The maximum absolute atomic E-state index is 12.0. The summed E-state index contributed by atoms with van der Waals surface area (Å²) in [5.74, 6) is 8.33. The van der Waals surface area contributed by atoms with Crippen LogP contribution in [0.1, 0.15) is 51.9 Å². The van der Waals surface area contributed by atoms with Crippen LogP contribution in [0.3, 0.4) is 0 Å². The van der Waals surface area contributed by atoms with Gasteiger partial charge in [0.25, 0.3) is 0 Å². The van der Waals surface area contributed by atoms with Crippen molar-refractivity contribution in [2.45, 2.75) is 58.3 Å². The lowest BCUT2D eigenvalue weighted by Gasteiger charge is -2.17. The molecule has 0 aliphatic carbocycles. The monoisotopic (exact) mass is 391 g/mol. The third kappa shape index (κ3) is 6.16. The Morgan fingerprint density at radius 1 is 1.19 bits per heavy atom. The number of thioether (sulfide) groups is 1. The smallest absolute Gasteiger partial charge is 0.230 e. The van der Waals surface area contributed by atoms with Gasteiger partial charge in [-0.15, -0.1) is 10.2 Å². The van der Waals surface area contributed by atoms with Crippen LogP contribution in [0.5, 0.6) is 5.75 Å². The number of hydrogen-bond acceptors (Lipinski definition) is 6. The third-order valence-electron chi connectivity index (χ3n) is 4.37. The number of carbonyl (C=O) groups excluding carboxylic acids is 1. The quantitative estimate of drug-likeness (QED) is 0.504. The standard InChI is InChI=1S/C19H29N5O2S/c1-12(2)14(5)21-18(25)11-27-19-23-22-17(24(19)20)10-26-16-8-6-15(7-9-16)13(3)4/h6-9,12-14H,10-11,20H2,1-5H3,(H,21,25)/t14-/m1/s1. The summed E-state index contributed by atoms with van der Waals surface area (Å²) in [5, 5.41) is 11.5. The highest BCUT2D eigenvalue weighted by Crippen LogP contribution is 2.20. The minimum absolute atomic E-state index is 0.0488. The van der Waals surface area contributed by atoms with E-state index in [4.69, 9.17) is 10.6 Å². The molecule has 0 radical (unpaired) electrons. The summed E-state index contributed by atoms with van der Waals surface area (Å²) in [5.41, 5.74) is 1.26. The fourth-order valence-corrected chi connectivity index (χ4v) is 2.88. The van der Waals surface area contributed by atoms with E-state index in [1.54, 1.807) is 0 Å². The van der Waals surface area contributed by atoms with Gasteiger partial charge in [0, 0.05) is 6.04 Å². The van der Waals surface area contributed by atoms with E-state index in [-0.39, 0.29) is 24.3 Å². The van der Waals surface area contributed by atoms with Gasteiger partial charge in [0.1, 0.15) is 12.4 Å². The third-order valence-corrected chi connectivity index (χ3v) is 5.31. The molecule has 7 nitrogen and oxygen atoms in total. The van der Waals surface area contributed by atoms with Gasteiger partial charge in [0.2, 0.25) is 11.1 Å². The van der Waals surface area contributed by atoms with Gasteiger partial charge in [-0.1, -0.05) is 51.6 Å². The van der Waals surface area contributed by atoms with Crippen LogP contribution < -0.4 is 15.9 Å². The van der Waals surface area contributed by atoms with Gasteiger partial charge in [-0.2, -0.15) is 0 Å². The van der Waals surface area contributed by atoms with Crippen molar-refractivity contribution in [2.75, 3.05) is 11.6 Å². The van der Waals surface area contributed by atoms with Gasteiger partial charge >= 0.3 is 0 Å². The molecule has 0 saturated heterocycles. The maximum Gasteiger partial charge on any atom is 0.230 e. The Hall–Kier alpha value is -2.22. The summed E-state index contributed by atoms with van der Waals surface area (Å²) in [4.78, 5) is 12.0. The van der Waals surface area contributed by atoms with Crippen molar-refractivity contribution >= 4 is 17.7 Å². The second kappa shape index (κ2) is 9.64. The highest BCUT2D eigenvalue weighted by Gasteiger charge is 2.15. The number of carbonyl (C=O) groups is 1. The SMILES string of the molecule is CC(C)c1ccc(OCc2nnc(SCC(=O)N[C@H](C)C(C)C)n2N)cc1. The molecule has 3 N–H and O–H groups in total. The first-order chi connectivity index (χ1) is 12.8. The average Bonchev–Trinajstić information content (AvgIpc) is 2.98. The Labute approximate surface area is 165 Å². The number of amides is 1. The number of rotatable bonds is 9. The topological polar surface area (TPSA) is 95.1 Å².